The maximum Gasteiger partial charge on any atom is 0.498 e. The van der Waals surface area contributed by atoms with Crippen LogP contribution in [0.3, 0.4) is 0 Å². The molecule has 8 heteroatoms. The van der Waals surface area contributed by atoms with E-state index in [-0.39, 0.29) is 5.75 Å². The highest BCUT2D eigenvalue weighted by molar-refractivity contribution is 7.90. The highest BCUT2D eigenvalue weighted by Crippen LogP contribution is 2.37. The third kappa shape index (κ3) is 4.89. The first-order chi connectivity index (χ1) is 11.5. The smallest absolute Gasteiger partial charge is 0.497 e. The predicted molar refractivity (Wildman–Crippen MR) is 98.5 cm³/mol. The third-order valence-electron chi connectivity index (χ3n) is 4.64. The number of hydrogen-bond acceptors (Lipinski definition) is 6. The molecule has 0 aliphatic carbocycles. The van der Waals surface area contributed by atoms with Crippen molar-refractivity contribution in [3.63, 3.8) is 0 Å². The van der Waals surface area contributed by atoms with Gasteiger partial charge in [0.2, 0.25) is 0 Å². The van der Waals surface area contributed by atoms with Crippen molar-refractivity contribution in [2.24, 2.45) is 0 Å². The zero-order valence-electron chi connectivity index (χ0n) is 15.8. The SMILES string of the molecule is COc1cc(OCCCS(C)(=O)=O)ccc1B1OC(C)(C)C(C)(C)O1. The molecule has 1 saturated heterocycles. The van der Waals surface area contributed by atoms with Crippen LogP contribution < -0.4 is 14.9 Å². The molecular weight excluding hydrogens is 343 g/mol. The van der Waals surface area contributed by atoms with E-state index >= 15 is 0 Å². The lowest BCUT2D eigenvalue weighted by atomic mass is 9.78. The summed E-state index contributed by atoms with van der Waals surface area (Å²) < 4.78 is 45.5. The maximum absolute atomic E-state index is 11.1. The standard InChI is InChI=1S/C17H27BO6S/c1-16(2)17(3,4)24-18(23-16)14-9-8-13(12-15(14)21-5)22-10-7-11-25(6,19)20/h8-9,12H,7,10-11H2,1-6H3. The van der Waals surface area contributed by atoms with Crippen molar-refractivity contribution in [3.05, 3.63) is 18.2 Å². The topological polar surface area (TPSA) is 71.1 Å². The van der Waals surface area contributed by atoms with Gasteiger partial charge >= 0.3 is 7.12 Å². The van der Waals surface area contributed by atoms with E-state index in [1.54, 1.807) is 13.2 Å². The lowest BCUT2D eigenvalue weighted by molar-refractivity contribution is 0.00578. The molecule has 0 spiro atoms. The van der Waals surface area contributed by atoms with Crippen LogP contribution in [0.25, 0.3) is 0 Å². The summed E-state index contributed by atoms with van der Waals surface area (Å²) in [5, 5.41) is 0. The largest absolute Gasteiger partial charge is 0.498 e. The average Bonchev–Trinajstić information content (AvgIpc) is 2.70. The van der Waals surface area contributed by atoms with Crippen LogP contribution in [0.4, 0.5) is 0 Å². The lowest BCUT2D eigenvalue weighted by Crippen LogP contribution is -2.41. The molecule has 1 aliphatic heterocycles. The Morgan fingerprint density at radius 3 is 2.24 bits per heavy atom. The van der Waals surface area contributed by atoms with Crippen molar-refractivity contribution >= 4 is 22.4 Å². The Balaban J connectivity index is 2.07. The van der Waals surface area contributed by atoms with E-state index in [1.807, 2.05) is 39.8 Å². The van der Waals surface area contributed by atoms with Crippen LogP contribution in [-0.4, -0.2) is 52.5 Å². The second-order valence-electron chi connectivity index (χ2n) is 7.32. The Labute approximate surface area is 150 Å². The fourth-order valence-corrected chi connectivity index (χ4v) is 3.10. The molecular formula is C17H27BO6S. The maximum atomic E-state index is 11.1. The Hall–Kier alpha value is -1.25. The van der Waals surface area contributed by atoms with Gasteiger partial charge in [0.1, 0.15) is 21.3 Å². The van der Waals surface area contributed by atoms with Gasteiger partial charge in [-0.15, -0.1) is 0 Å². The minimum Gasteiger partial charge on any atom is -0.497 e. The van der Waals surface area contributed by atoms with E-state index in [4.69, 9.17) is 18.8 Å². The van der Waals surface area contributed by atoms with Gasteiger partial charge in [-0.05, 0) is 40.2 Å². The van der Waals surface area contributed by atoms with Crippen molar-refractivity contribution < 1.29 is 27.2 Å². The molecule has 0 amide bonds. The van der Waals surface area contributed by atoms with Gasteiger partial charge in [0.05, 0.1) is 30.7 Å². The van der Waals surface area contributed by atoms with E-state index in [2.05, 4.69) is 0 Å². The normalized spacial score (nSPS) is 19.0. The van der Waals surface area contributed by atoms with E-state index in [1.165, 1.54) is 6.26 Å². The molecule has 1 aromatic rings. The van der Waals surface area contributed by atoms with Crippen LogP contribution in [0.5, 0.6) is 11.5 Å². The molecule has 1 heterocycles. The summed E-state index contributed by atoms with van der Waals surface area (Å²) in [5.74, 6) is 1.33. The predicted octanol–water partition coefficient (Wildman–Crippen LogP) is 1.81. The first-order valence-corrected chi connectivity index (χ1v) is 10.4. The van der Waals surface area contributed by atoms with E-state index in [9.17, 15) is 8.42 Å². The number of methoxy groups -OCH3 is 1. The number of ether oxygens (including phenoxy) is 2. The second-order valence-corrected chi connectivity index (χ2v) is 9.58. The van der Waals surface area contributed by atoms with Crippen molar-refractivity contribution in [3.8, 4) is 11.5 Å². The molecule has 0 unspecified atom stereocenters. The molecule has 0 saturated carbocycles. The second kappa shape index (κ2) is 7.17. The minimum atomic E-state index is -2.97. The van der Waals surface area contributed by atoms with Crippen molar-refractivity contribution in [1.29, 1.82) is 0 Å². The van der Waals surface area contributed by atoms with E-state index < -0.39 is 28.2 Å². The summed E-state index contributed by atoms with van der Waals surface area (Å²) in [4.78, 5) is 0. The molecule has 0 bridgehead atoms. The molecule has 1 aliphatic rings. The van der Waals surface area contributed by atoms with Gasteiger partial charge in [0.25, 0.3) is 0 Å². The summed E-state index contributed by atoms with van der Waals surface area (Å²) in [6, 6.07) is 5.43. The van der Waals surface area contributed by atoms with Gasteiger partial charge in [0.15, 0.2) is 0 Å². The van der Waals surface area contributed by atoms with Crippen molar-refractivity contribution in [2.75, 3.05) is 25.7 Å². The third-order valence-corrected chi connectivity index (χ3v) is 5.67. The molecule has 2 rings (SSSR count). The minimum absolute atomic E-state index is 0.107. The highest BCUT2D eigenvalue weighted by atomic mass is 32.2. The van der Waals surface area contributed by atoms with Gasteiger partial charge in [-0.3, -0.25) is 0 Å². The Morgan fingerprint density at radius 1 is 1.12 bits per heavy atom. The first-order valence-electron chi connectivity index (χ1n) is 8.29. The Kier molecular flexibility index (Phi) is 5.76. The van der Waals surface area contributed by atoms with Gasteiger partial charge in [-0.1, -0.05) is 6.07 Å². The molecule has 0 atom stereocenters. The highest BCUT2D eigenvalue weighted by Gasteiger charge is 2.52. The molecule has 0 N–H and O–H groups in total. The first kappa shape index (κ1) is 20.1. The molecule has 0 radical (unpaired) electrons. The Morgan fingerprint density at radius 2 is 1.72 bits per heavy atom. The quantitative estimate of drug-likeness (QED) is 0.539. The fraction of sp³-hybridized carbons (Fsp3) is 0.647. The van der Waals surface area contributed by atoms with E-state index in [0.717, 1.165) is 5.46 Å². The van der Waals surface area contributed by atoms with Crippen LogP contribution in [0, 0.1) is 0 Å². The molecule has 1 aromatic carbocycles. The summed E-state index contributed by atoms with van der Waals surface area (Å²) in [7, 11) is -1.90. The van der Waals surface area contributed by atoms with Gasteiger partial charge in [-0.2, -0.15) is 0 Å². The summed E-state index contributed by atoms with van der Waals surface area (Å²) in [6.07, 6.45) is 1.66. The van der Waals surface area contributed by atoms with Gasteiger partial charge < -0.3 is 18.8 Å². The number of rotatable bonds is 7. The number of sulfone groups is 1. The van der Waals surface area contributed by atoms with Crippen LogP contribution in [0.1, 0.15) is 34.1 Å². The van der Waals surface area contributed by atoms with Crippen LogP contribution in [-0.2, 0) is 19.1 Å². The number of hydrogen-bond donors (Lipinski definition) is 0. The van der Waals surface area contributed by atoms with Crippen LogP contribution in [0.2, 0.25) is 0 Å². The van der Waals surface area contributed by atoms with Gasteiger partial charge in [0, 0.05) is 17.8 Å². The van der Waals surface area contributed by atoms with Crippen molar-refractivity contribution in [1.82, 2.24) is 0 Å². The zero-order valence-corrected chi connectivity index (χ0v) is 16.6. The molecule has 25 heavy (non-hydrogen) atoms. The fourth-order valence-electron chi connectivity index (χ4n) is 2.46. The van der Waals surface area contributed by atoms with E-state index in [0.29, 0.717) is 24.5 Å². The zero-order chi connectivity index (χ0) is 18.9. The van der Waals surface area contributed by atoms with Crippen LogP contribution in [0.15, 0.2) is 18.2 Å². The summed E-state index contributed by atoms with van der Waals surface area (Å²) in [5.41, 5.74) is -0.0582. The average molecular weight is 370 g/mol. The monoisotopic (exact) mass is 370 g/mol. The Bertz CT molecular complexity index is 698. The summed E-state index contributed by atoms with van der Waals surface area (Å²) >= 11 is 0. The molecule has 6 nitrogen and oxygen atoms in total. The summed E-state index contributed by atoms with van der Waals surface area (Å²) in [6.45, 7) is 8.32. The molecule has 0 aromatic heterocycles. The lowest BCUT2D eigenvalue weighted by Gasteiger charge is -2.32. The van der Waals surface area contributed by atoms with Crippen molar-refractivity contribution in [2.45, 2.75) is 45.3 Å². The van der Waals surface area contributed by atoms with Gasteiger partial charge in [-0.25, -0.2) is 8.42 Å². The molecule has 1 fully saturated rings. The van der Waals surface area contributed by atoms with Crippen LogP contribution >= 0.6 is 0 Å². The molecule has 140 valence electrons. The number of benzene rings is 1.